The molecule has 206 valence electrons. The van der Waals surface area contributed by atoms with Crippen LogP contribution in [-0.4, -0.2) is 46.5 Å². The Morgan fingerprint density at radius 2 is 1.88 bits per heavy atom. The Balaban J connectivity index is 1.29. The summed E-state index contributed by atoms with van der Waals surface area (Å²) in [5.74, 6) is -0.123. The highest BCUT2D eigenvalue weighted by Crippen LogP contribution is 2.38. The number of ether oxygens (including phenoxy) is 2. The van der Waals surface area contributed by atoms with Gasteiger partial charge in [0, 0.05) is 13.1 Å². The Morgan fingerprint density at radius 3 is 2.65 bits per heavy atom. The van der Waals surface area contributed by atoms with Crippen LogP contribution in [0.4, 0.5) is 9.18 Å². The molecule has 3 aromatic rings. The van der Waals surface area contributed by atoms with Crippen LogP contribution in [0.1, 0.15) is 29.2 Å². The molecule has 0 N–H and O–H groups in total. The van der Waals surface area contributed by atoms with Crippen LogP contribution in [0.3, 0.4) is 0 Å². The molecule has 2 heterocycles. The summed E-state index contributed by atoms with van der Waals surface area (Å²) >= 11 is 2.92. The van der Waals surface area contributed by atoms with E-state index in [-0.39, 0.29) is 29.8 Å². The van der Waals surface area contributed by atoms with E-state index in [1.165, 1.54) is 17.7 Å². The number of carbonyl (C=O) groups is 3. The Kier molecular flexibility index (Phi) is 8.75. The molecule has 0 unspecified atom stereocenters. The summed E-state index contributed by atoms with van der Waals surface area (Å²) in [6.07, 6.45) is 2.36. The van der Waals surface area contributed by atoms with E-state index in [1.807, 2.05) is 31.2 Å². The third-order valence-corrected chi connectivity index (χ3v) is 8.26. The van der Waals surface area contributed by atoms with Gasteiger partial charge in [-0.05, 0) is 100 Å². The third kappa shape index (κ3) is 6.33. The number of amides is 3. The quantitative estimate of drug-likeness (QED) is 0.215. The number of hydrogen-bond donors (Lipinski definition) is 0. The molecule has 0 radical (unpaired) electrons. The molecule has 7 nitrogen and oxygen atoms in total. The third-order valence-electron chi connectivity index (χ3n) is 6.55. The molecule has 2 aliphatic heterocycles. The van der Waals surface area contributed by atoms with Crippen molar-refractivity contribution in [2.45, 2.75) is 26.5 Å². The highest BCUT2D eigenvalue weighted by Gasteiger charge is 2.37. The Hall–Kier alpha value is -3.38. The normalized spacial score (nSPS) is 15.9. The van der Waals surface area contributed by atoms with Crippen LogP contribution in [-0.2, 0) is 29.2 Å². The zero-order valence-electron chi connectivity index (χ0n) is 21.7. The SMILES string of the molecule is CCOc1cc(/C=C2\SC(=O)N(CC(=O)N3CCc4ccccc4C3)C2=O)cc(I)c1OCc1cccc(F)c1. The van der Waals surface area contributed by atoms with Crippen molar-refractivity contribution in [1.82, 2.24) is 9.80 Å². The van der Waals surface area contributed by atoms with Gasteiger partial charge in [0.2, 0.25) is 5.91 Å². The lowest BCUT2D eigenvalue weighted by Crippen LogP contribution is -2.44. The van der Waals surface area contributed by atoms with Gasteiger partial charge in [-0.1, -0.05) is 36.4 Å². The molecule has 5 rings (SSSR count). The number of thioether (sulfide) groups is 1. The molecule has 0 bridgehead atoms. The maximum atomic E-state index is 13.6. The molecule has 0 atom stereocenters. The molecular formula is C30H26FIN2O5S. The lowest BCUT2D eigenvalue weighted by atomic mass is 10.00. The zero-order chi connectivity index (χ0) is 28.2. The molecule has 3 amide bonds. The smallest absolute Gasteiger partial charge is 0.294 e. The van der Waals surface area contributed by atoms with Crippen molar-refractivity contribution in [2.24, 2.45) is 0 Å². The second-order valence-electron chi connectivity index (χ2n) is 9.28. The molecule has 1 fully saturated rings. The molecular weight excluding hydrogens is 646 g/mol. The lowest BCUT2D eigenvalue weighted by Gasteiger charge is -2.29. The Bertz CT molecular complexity index is 1510. The maximum absolute atomic E-state index is 13.6. The van der Waals surface area contributed by atoms with Crippen LogP contribution in [0.5, 0.6) is 11.5 Å². The zero-order valence-corrected chi connectivity index (χ0v) is 24.7. The minimum absolute atomic E-state index is 0.155. The van der Waals surface area contributed by atoms with Crippen LogP contribution >= 0.6 is 34.4 Å². The predicted molar refractivity (Wildman–Crippen MR) is 159 cm³/mol. The van der Waals surface area contributed by atoms with E-state index in [0.29, 0.717) is 42.3 Å². The van der Waals surface area contributed by atoms with Crippen molar-refractivity contribution in [2.75, 3.05) is 19.7 Å². The number of hydrogen-bond acceptors (Lipinski definition) is 6. The first kappa shape index (κ1) is 28.2. The Morgan fingerprint density at radius 1 is 1.07 bits per heavy atom. The van der Waals surface area contributed by atoms with E-state index in [2.05, 4.69) is 28.7 Å². The summed E-state index contributed by atoms with van der Waals surface area (Å²) in [5.41, 5.74) is 3.63. The van der Waals surface area contributed by atoms with E-state index in [1.54, 1.807) is 29.2 Å². The summed E-state index contributed by atoms with van der Waals surface area (Å²) in [6.45, 7) is 3.11. The number of benzene rings is 3. The molecule has 40 heavy (non-hydrogen) atoms. The van der Waals surface area contributed by atoms with Gasteiger partial charge in [-0.15, -0.1) is 0 Å². The van der Waals surface area contributed by atoms with Crippen molar-refractivity contribution in [3.05, 3.63) is 97.2 Å². The van der Waals surface area contributed by atoms with Gasteiger partial charge in [0.05, 0.1) is 15.1 Å². The molecule has 1 saturated heterocycles. The van der Waals surface area contributed by atoms with Crippen molar-refractivity contribution in [3.63, 3.8) is 0 Å². The molecule has 3 aromatic carbocycles. The van der Waals surface area contributed by atoms with Crippen LogP contribution in [0.15, 0.2) is 65.6 Å². The first-order valence-electron chi connectivity index (χ1n) is 12.8. The number of rotatable bonds is 8. The van der Waals surface area contributed by atoms with Crippen molar-refractivity contribution in [3.8, 4) is 11.5 Å². The largest absolute Gasteiger partial charge is 0.490 e. The van der Waals surface area contributed by atoms with Gasteiger partial charge in [-0.25, -0.2) is 4.39 Å². The van der Waals surface area contributed by atoms with E-state index < -0.39 is 11.1 Å². The second kappa shape index (κ2) is 12.4. The fourth-order valence-corrected chi connectivity index (χ4v) is 6.21. The molecule has 0 aliphatic carbocycles. The number of nitrogens with zero attached hydrogens (tertiary/aromatic N) is 2. The molecule has 0 spiro atoms. The van der Waals surface area contributed by atoms with E-state index in [9.17, 15) is 18.8 Å². The molecule has 2 aliphatic rings. The van der Waals surface area contributed by atoms with E-state index in [4.69, 9.17) is 9.47 Å². The monoisotopic (exact) mass is 672 g/mol. The number of halogens is 2. The van der Waals surface area contributed by atoms with E-state index in [0.717, 1.165) is 32.2 Å². The lowest BCUT2D eigenvalue weighted by molar-refractivity contribution is -0.136. The first-order chi connectivity index (χ1) is 19.3. The summed E-state index contributed by atoms with van der Waals surface area (Å²) in [4.78, 5) is 41.8. The van der Waals surface area contributed by atoms with Crippen molar-refractivity contribution >= 4 is 57.5 Å². The van der Waals surface area contributed by atoms with Crippen molar-refractivity contribution < 1.29 is 28.2 Å². The minimum atomic E-state index is -0.500. The van der Waals surface area contributed by atoms with Gasteiger partial charge >= 0.3 is 0 Å². The predicted octanol–water partition coefficient (Wildman–Crippen LogP) is 6.03. The van der Waals surface area contributed by atoms with E-state index >= 15 is 0 Å². The average Bonchev–Trinajstić information content (AvgIpc) is 3.19. The minimum Gasteiger partial charge on any atom is -0.490 e. The second-order valence-corrected chi connectivity index (χ2v) is 11.4. The van der Waals surface area contributed by atoms with Crippen molar-refractivity contribution in [1.29, 1.82) is 0 Å². The summed E-state index contributed by atoms with van der Waals surface area (Å²) in [7, 11) is 0. The van der Waals surface area contributed by atoms with Crippen LogP contribution < -0.4 is 9.47 Å². The van der Waals surface area contributed by atoms with Gasteiger partial charge < -0.3 is 14.4 Å². The number of imide groups is 1. The summed E-state index contributed by atoms with van der Waals surface area (Å²) in [5, 5.41) is -0.475. The summed E-state index contributed by atoms with van der Waals surface area (Å²) in [6, 6.07) is 17.7. The number of carbonyl (C=O) groups excluding carboxylic acids is 3. The van der Waals surface area contributed by atoms with Crippen LogP contribution in [0.2, 0.25) is 0 Å². The summed E-state index contributed by atoms with van der Waals surface area (Å²) < 4.78 is 26.1. The van der Waals surface area contributed by atoms with Crippen LogP contribution in [0, 0.1) is 9.39 Å². The maximum Gasteiger partial charge on any atom is 0.294 e. The highest BCUT2D eigenvalue weighted by atomic mass is 127. The molecule has 0 saturated carbocycles. The van der Waals surface area contributed by atoms with Gasteiger partial charge in [0.1, 0.15) is 19.0 Å². The fraction of sp³-hybridized carbons (Fsp3) is 0.233. The number of fused-ring (bicyclic) bond motifs is 1. The van der Waals surface area contributed by atoms with Gasteiger partial charge in [0.15, 0.2) is 11.5 Å². The fourth-order valence-electron chi connectivity index (χ4n) is 4.59. The van der Waals surface area contributed by atoms with Gasteiger partial charge in [-0.3, -0.25) is 19.3 Å². The van der Waals surface area contributed by atoms with Gasteiger partial charge in [-0.2, -0.15) is 0 Å². The Labute approximate surface area is 249 Å². The molecule has 0 aromatic heterocycles. The first-order valence-corrected chi connectivity index (χ1v) is 14.7. The molecule has 10 heteroatoms. The highest BCUT2D eigenvalue weighted by molar-refractivity contribution is 14.1. The van der Waals surface area contributed by atoms with Crippen LogP contribution in [0.25, 0.3) is 6.08 Å². The standard InChI is InChI=1S/C30H26FIN2O5S/c1-2-38-25-14-20(13-24(32)28(25)39-18-19-6-5-9-23(31)12-19)15-26-29(36)34(30(37)40-26)17-27(35)33-11-10-21-7-3-4-8-22(21)16-33/h3-9,12-15H,2,10-11,16-18H2,1H3/b26-15-. The van der Waals surface area contributed by atoms with Gasteiger partial charge in [0.25, 0.3) is 11.1 Å². The average molecular weight is 673 g/mol. The topological polar surface area (TPSA) is 76.2 Å².